The van der Waals surface area contributed by atoms with Crippen LogP contribution in [0.5, 0.6) is 0 Å². The van der Waals surface area contributed by atoms with Crippen molar-refractivity contribution in [3.05, 3.63) is 18.3 Å². The maximum atomic E-state index is 11.8. The van der Waals surface area contributed by atoms with Crippen LogP contribution < -0.4 is 10.6 Å². The molecule has 0 saturated heterocycles. The van der Waals surface area contributed by atoms with E-state index in [0.717, 1.165) is 5.82 Å². The molecule has 116 valence electrons. The van der Waals surface area contributed by atoms with Crippen LogP contribution in [0.2, 0.25) is 0 Å². The normalized spacial score (nSPS) is 12.6. The fourth-order valence-electron chi connectivity index (χ4n) is 1.69. The third kappa shape index (κ3) is 5.41. The maximum absolute atomic E-state index is 11.8. The van der Waals surface area contributed by atoms with E-state index in [1.807, 2.05) is 24.9 Å². The van der Waals surface area contributed by atoms with E-state index < -0.39 is 11.6 Å². The van der Waals surface area contributed by atoms with E-state index in [1.54, 1.807) is 33.0 Å². The summed E-state index contributed by atoms with van der Waals surface area (Å²) in [6, 6.07) is 3.52. The van der Waals surface area contributed by atoms with Gasteiger partial charge in [-0.3, -0.25) is 5.41 Å². The van der Waals surface area contributed by atoms with Crippen molar-refractivity contribution in [1.29, 1.82) is 5.41 Å². The summed E-state index contributed by atoms with van der Waals surface area (Å²) in [6.07, 6.45) is 1.87. The number of pyridine rings is 1. The Morgan fingerprint density at radius 2 is 2.10 bits per heavy atom. The van der Waals surface area contributed by atoms with E-state index in [2.05, 4.69) is 4.98 Å². The summed E-state index contributed by atoms with van der Waals surface area (Å²) in [7, 11) is 1.87. The molecule has 0 radical (unpaired) electrons. The Labute approximate surface area is 125 Å². The lowest BCUT2D eigenvalue weighted by Gasteiger charge is -2.26. The third-order valence-corrected chi connectivity index (χ3v) is 2.94. The summed E-state index contributed by atoms with van der Waals surface area (Å²) < 4.78 is 5.19. The third-order valence-electron chi connectivity index (χ3n) is 2.94. The number of hydrogen-bond donors (Lipinski definition) is 2. The van der Waals surface area contributed by atoms with Gasteiger partial charge in [0.15, 0.2) is 0 Å². The van der Waals surface area contributed by atoms with Gasteiger partial charge in [-0.15, -0.1) is 0 Å². The molecule has 0 saturated carbocycles. The summed E-state index contributed by atoms with van der Waals surface area (Å²) in [5.74, 6) is 0.168. The Morgan fingerprint density at radius 1 is 1.48 bits per heavy atom. The molecule has 0 aliphatic heterocycles. The second kappa shape index (κ2) is 6.56. The number of carbonyl (C=O) groups excluding carboxylic acids is 1. The van der Waals surface area contributed by atoms with Gasteiger partial charge >= 0.3 is 5.97 Å². The number of nitrogens with one attached hydrogen (secondary N) is 1. The lowest BCUT2D eigenvalue weighted by Crippen LogP contribution is -2.35. The minimum absolute atomic E-state index is 0.0419. The topological polar surface area (TPSA) is 92.3 Å². The Balaban J connectivity index is 2.63. The molecule has 1 atom stereocenters. The molecular weight excluding hydrogens is 268 g/mol. The standard InChI is InChI=1S/C15H24N4O2/c1-10(8-12(17)14(20)21-15(2,3)4)19(5)13-7-6-11(16)9-18-13/h6-7,9-10,17H,8,16H2,1-5H3/t10-/m0/s1. The summed E-state index contributed by atoms with van der Waals surface area (Å²) in [6.45, 7) is 7.28. The largest absolute Gasteiger partial charge is 0.456 e. The molecule has 0 aromatic carbocycles. The van der Waals surface area contributed by atoms with Crippen molar-refractivity contribution in [2.75, 3.05) is 17.7 Å². The molecule has 0 aliphatic carbocycles. The van der Waals surface area contributed by atoms with Crippen LogP contribution in [-0.2, 0) is 9.53 Å². The van der Waals surface area contributed by atoms with Gasteiger partial charge in [-0.25, -0.2) is 9.78 Å². The molecule has 21 heavy (non-hydrogen) atoms. The Kier molecular flexibility index (Phi) is 5.29. The number of carbonyl (C=O) groups is 1. The highest BCUT2D eigenvalue weighted by atomic mass is 16.6. The monoisotopic (exact) mass is 292 g/mol. The van der Waals surface area contributed by atoms with Crippen LogP contribution >= 0.6 is 0 Å². The van der Waals surface area contributed by atoms with E-state index in [0.29, 0.717) is 5.69 Å². The van der Waals surface area contributed by atoms with Crippen LogP contribution in [0.15, 0.2) is 18.3 Å². The quantitative estimate of drug-likeness (QED) is 0.641. The first kappa shape index (κ1) is 16.9. The molecule has 3 N–H and O–H groups in total. The lowest BCUT2D eigenvalue weighted by atomic mass is 10.1. The molecule has 1 rings (SSSR count). The zero-order chi connectivity index (χ0) is 16.2. The fraction of sp³-hybridized carbons (Fsp3) is 0.533. The van der Waals surface area contributed by atoms with Gasteiger partial charge in [-0.1, -0.05) is 0 Å². The highest BCUT2D eigenvalue weighted by molar-refractivity contribution is 6.35. The van der Waals surface area contributed by atoms with Gasteiger partial charge in [-0.2, -0.15) is 0 Å². The molecule has 1 aromatic heterocycles. The molecule has 0 spiro atoms. The highest BCUT2D eigenvalue weighted by Gasteiger charge is 2.23. The smallest absolute Gasteiger partial charge is 0.352 e. The van der Waals surface area contributed by atoms with Crippen molar-refractivity contribution >= 4 is 23.2 Å². The van der Waals surface area contributed by atoms with E-state index >= 15 is 0 Å². The summed E-state index contributed by atoms with van der Waals surface area (Å²) in [5.41, 5.74) is 5.58. The minimum atomic E-state index is -0.586. The maximum Gasteiger partial charge on any atom is 0.352 e. The zero-order valence-corrected chi connectivity index (χ0v) is 13.3. The summed E-state index contributed by atoms with van der Waals surface area (Å²) >= 11 is 0. The van der Waals surface area contributed by atoms with Crippen molar-refractivity contribution in [2.24, 2.45) is 0 Å². The van der Waals surface area contributed by atoms with Gasteiger partial charge < -0.3 is 15.4 Å². The molecule has 1 aromatic rings. The SMILES string of the molecule is C[C@@H](CC(=N)C(=O)OC(C)(C)C)N(C)c1ccc(N)cn1. The Hall–Kier alpha value is -2.11. The van der Waals surface area contributed by atoms with Crippen LogP contribution in [-0.4, -0.2) is 35.4 Å². The van der Waals surface area contributed by atoms with Crippen molar-refractivity contribution in [1.82, 2.24) is 4.98 Å². The molecule has 0 bridgehead atoms. The first-order valence-corrected chi connectivity index (χ1v) is 6.85. The molecule has 0 unspecified atom stereocenters. The van der Waals surface area contributed by atoms with Crippen LogP contribution in [0.1, 0.15) is 34.1 Å². The van der Waals surface area contributed by atoms with Gasteiger partial charge in [0.05, 0.1) is 11.9 Å². The summed E-state index contributed by atoms with van der Waals surface area (Å²) in [5, 5.41) is 7.85. The van der Waals surface area contributed by atoms with Gasteiger partial charge in [0.25, 0.3) is 0 Å². The van der Waals surface area contributed by atoms with Gasteiger partial charge in [0, 0.05) is 19.5 Å². The molecule has 0 amide bonds. The van der Waals surface area contributed by atoms with Crippen molar-refractivity contribution in [2.45, 2.75) is 45.8 Å². The molecule has 6 heteroatoms. The van der Waals surface area contributed by atoms with Crippen LogP contribution in [0, 0.1) is 5.41 Å². The van der Waals surface area contributed by atoms with Gasteiger partial charge in [-0.05, 0) is 39.8 Å². The highest BCUT2D eigenvalue weighted by Crippen LogP contribution is 2.16. The van der Waals surface area contributed by atoms with E-state index in [4.69, 9.17) is 15.9 Å². The number of aromatic nitrogens is 1. The Bertz CT molecular complexity index is 505. The van der Waals surface area contributed by atoms with Gasteiger partial charge in [0.1, 0.15) is 17.1 Å². The number of anilines is 2. The number of nitrogens with zero attached hydrogens (tertiary/aromatic N) is 2. The minimum Gasteiger partial charge on any atom is -0.456 e. The van der Waals surface area contributed by atoms with Crippen molar-refractivity contribution < 1.29 is 9.53 Å². The average Bonchev–Trinajstić information content (AvgIpc) is 2.36. The van der Waals surface area contributed by atoms with E-state index in [9.17, 15) is 4.79 Å². The summed E-state index contributed by atoms with van der Waals surface area (Å²) in [4.78, 5) is 17.9. The van der Waals surface area contributed by atoms with Crippen molar-refractivity contribution in [3.63, 3.8) is 0 Å². The van der Waals surface area contributed by atoms with E-state index in [1.165, 1.54) is 0 Å². The molecular formula is C15H24N4O2. The van der Waals surface area contributed by atoms with Crippen LogP contribution in [0.25, 0.3) is 0 Å². The fourth-order valence-corrected chi connectivity index (χ4v) is 1.69. The average molecular weight is 292 g/mol. The second-order valence-corrected chi connectivity index (χ2v) is 6.09. The van der Waals surface area contributed by atoms with Crippen LogP contribution in [0.4, 0.5) is 11.5 Å². The lowest BCUT2D eigenvalue weighted by molar-refractivity contribution is -0.146. The molecule has 6 nitrogen and oxygen atoms in total. The number of nitrogen functional groups attached to an aromatic ring is 1. The van der Waals surface area contributed by atoms with Crippen molar-refractivity contribution in [3.8, 4) is 0 Å². The number of rotatable bonds is 5. The number of nitrogens with two attached hydrogens (primary N) is 1. The zero-order valence-electron chi connectivity index (χ0n) is 13.3. The predicted octanol–water partition coefficient (Wildman–Crippen LogP) is 2.24. The molecule has 0 aliphatic rings. The number of esters is 1. The second-order valence-electron chi connectivity index (χ2n) is 6.09. The molecule has 0 fully saturated rings. The number of ether oxygens (including phenoxy) is 1. The predicted molar refractivity (Wildman–Crippen MR) is 84.7 cm³/mol. The van der Waals surface area contributed by atoms with Crippen LogP contribution in [0.3, 0.4) is 0 Å². The Morgan fingerprint density at radius 3 is 2.57 bits per heavy atom. The molecule has 1 heterocycles. The number of hydrogen-bond acceptors (Lipinski definition) is 6. The first-order chi connectivity index (χ1) is 9.60. The first-order valence-electron chi connectivity index (χ1n) is 6.85. The van der Waals surface area contributed by atoms with E-state index in [-0.39, 0.29) is 18.2 Å². The van der Waals surface area contributed by atoms with Gasteiger partial charge in [0.2, 0.25) is 0 Å².